The topological polar surface area (TPSA) is 35.8 Å². The quantitative estimate of drug-likeness (QED) is 0.871. The van der Waals surface area contributed by atoms with Gasteiger partial charge in [-0.15, -0.1) is 0 Å². The van der Waals surface area contributed by atoms with Crippen molar-refractivity contribution in [1.29, 1.82) is 5.26 Å². The smallest absolute Gasteiger partial charge is 0.101 e. The van der Waals surface area contributed by atoms with Crippen LogP contribution in [0.25, 0.3) is 0 Å². The molecule has 0 radical (unpaired) electrons. The fourth-order valence-corrected chi connectivity index (χ4v) is 1.89. The highest BCUT2D eigenvalue weighted by Crippen LogP contribution is 2.25. The van der Waals surface area contributed by atoms with E-state index in [0.29, 0.717) is 10.6 Å². The molecule has 0 aliphatic carbocycles. The number of nitrogens with one attached hydrogen (secondary N) is 1. The van der Waals surface area contributed by atoms with Gasteiger partial charge < -0.3 is 5.32 Å². The second-order valence-electron chi connectivity index (χ2n) is 3.43. The first-order chi connectivity index (χ1) is 8.19. The molecule has 0 spiro atoms. The van der Waals surface area contributed by atoms with Crippen LogP contribution in [0.4, 0.5) is 11.4 Å². The molecule has 2 aromatic rings. The molecule has 0 saturated carbocycles. The first-order valence-corrected chi connectivity index (χ1v) is 6.08. The summed E-state index contributed by atoms with van der Waals surface area (Å²) in [7, 11) is 0. The van der Waals surface area contributed by atoms with Gasteiger partial charge in [0.1, 0.15) is 6.07 Å². The molecule has 0 bridgehead atoms. The summed E-state index contributed by atoms with van der Waals surface area (Å²) in [5.41, 5.74) is 2.26. The Morgan fingerprint density at radius 1 is 1.12 bits per heavy atom. The van der Waals surface area contributed by atoms with Gasteiger partial charge in [0.2, 0.25) is 0 Å². The van der Waals surface area contributed by atoms with Crippen LogP contribution in [0.15, 0.2) is 46.9 Å². The average molecular weight is 308 g/mol. The Kier molecular flexibility index (Phi) is 3.68. The molecule has 84 valence electrons. The lowest BCUT2D eigenvalue weighted by Gasteiger charge is -2.08. The highest BCUT2D eigenvalue weighted by molar-refractivity contribution is 9.10. The summed E-state index contributed by atoms with van der Waals surface area (Å²) < 4.78 is 0.924. The number of halogens is 2. The van der Waals surface area contributed by atoms with Gasteiger partial charge in [-0.1, -0.05) is 27.5 Å². The summed E-state index contributed by atoms with van der Waals surface area (Å²) in [4.78, 5) is 0. The number of nitriles is 1. The van der Waals surface area contributed by atoms with E-state index in [0.717, 1.165) is 15.8 Å². The van der Waals surface area contributed by atoms with Gasteiger partial charge in [0.25, 0.3) is 0 Å². The molecule has 0 aliphatic rings. The van der Waals surface area contributed by atoms with E-state index in [1.54, 1.807) is 18.2 Å². The van der Waals surface area contributed by atoms with Crippen LogP contribution in [0.1, 0.15) is 5.56 Å². The molecule has 0 unspecified atom stereocenters. The number of anilines is 2. The molecule has 4 heteroatoms. The Hall–Kier alpha value is -1.50. The molecule has 0 heterocycles. The summed E-state index contributed by atoms with van der Waals surface area (Å²) in [6, 6.07) is 14.9. The minimum Gasteiger partial charge on any atom is -0.354 e. The van der Waals surface area contributed by atoms with Crippen LogP contribution >= 0.6 is 27.5 Å². The second-order valence-corrected chi connectivity index (χ2v) is 4.79. The van der Waals surface area contributed by atoms with Crippen molar-refractivity contribution in [2.24, 2.45) is 0 Å². The summed E-state index contributed by atoms with van der Waals surface area (Å²) in [6.45, 7) is 0. The van der Waals surface area contributed by atoms with Gasteiger partial charge in [0.05, 0.1) is 11.3 Å². The van der Waals surface area contributed by atoms with Crippen molar-refractivity contribution in [3.63, 3.8) is 0 Å². The summed E-state index contributed by atoms with van der Waals surface area (Å²) in [5, 5.41) is 12.9. The van der Waals surface area contributed by atoms with Crippen LogP contribution in [0.3, 0.4) is 0 Å². The summed E-state index contributed by atoms with van der Waals surface area (Å²) >= 11 is 9.19. The zero-order valence-electron chi connectivity index (χ0n) is 8.74. The van der Waals surface area contributed by atoms with Crippen molar-refractivity contribution >= 4 is 38.9 Å². The number of rotatable bonds is 2. The van der Waals surface area contributed by atoms with Crippen molar-refractivity contribution in [3.8, 4) is 6.07 Å². The van der Waals surface area contributed by atoms with Gasteiger partial charge in [-0.05, 0) is 42.5 Å². The molecule has 1 N–H and O–H groups in total. The number of hydrogen-bond acceptors (Lipinski definition) is 2. The third-order valence-electron chi connectivity index (χ3n) is 2.23. The van der Waals surface area contributed by atoms with Crippen LogP contribution in [-0.4, -0.2) is 0 Å². The van der Waals surface area contributed by atoms with Crippen molar-refractivity contribution in [2.75, 3.05) is 5.32 Å². The van der Waals surface area contributed by atoms with Crippen LogP contribution < -0.4 is 5.32 Å². The maximum atomic E-state index is 9.01. The highest BCUT2D eigenvalue weighted by Gasteiger charge is 2.03. The predicted molar refractivity (Wildman–Crippen MR) is 73.6 cm³/mol. The Morgan fingerprint density at radius 2 is 1.82 bits per heavy atom. The van der Waals surface area contributed by atoms with Crippen LogP contribution in [0.5, 0.6) is 0 Å². The van der Waals surface area contributed by atoms with Crippen molar-refractivity contribution in [2.45, 2.75) is 0 Å². The molecule has 0 fully saturated rings. The highest BCUT2D eigenvalue weighted by atomic mass is 79.9. The largest absolute Gasteiger partial charge is 0.354 e. The van der Waals surface area contributed by atoms with Crippen molar-refractivity contribution in [3.05, 3.63) is 57.5 Å². The van der Waals surface area contributed by atoms with E-state index >= 15 is 0 Å². The molecule has 0 amide bonds. The molecular weight excluding hydrogens is 300 g/mol. The van der Waals surface area contributed by atoms with Crippen LogP contribution in [0, 0.1) is 11.3 Å². The van der Waals surface area contributed by atoms with E-state index in [-0.39, 0.29) is 0 Å². The lowest BCUT2D eigenvalue weighted by atomic mass is 10.2. The number of benzene rings is 2. The second kappa shape index (κ2) is 5.22. The van der Waals surface area contributed by atoms with Crippen LogP contribution in [0.2, 0.25) is 5.02 Å². The van der Waals surface area contributed by atoms with E-state index in [1.165, 1.54) is 0 Å². The molecule has 17 heavy (non-hydrogen) atoms. The fourth-order valence-electron chi connectivity index (χ4n) is 1.41. The van der Waals surface area contributed by atoms with E-state index in [4.69, 9.17) is 16.9 Å². The van der Waals surface area contributed by atoms with E-state index in [1.807, 2.05) is 24.3 Å². The van der Waals surface area contributed by atoms with E-state index < -0.39 is 0 Å². The van der Waals surface area contributed by atoms with Gasteiger partial charge in [-0.3, -0.25) is 0 Å². The van der Waals surface area contributed by atoms with Crippen molar-refractivity contribution in [1.82, 2.24) is 0 Å². The molecule has 0 saturated heterocycles. The van der Waals surface area contributed by atoms with Gasteiger partial charge in [-0.2, -0.15) is 5.26 Å². The Morgan fingerprint density at radius 3 is 2.47 bits per heavy atom. The minimum atomic E-state index is 0.600. The monoisotopic (exact) mass is 306 g/mol. The summed E-state index contributed by atoms with van der Waals surface area (Å²) in [5.74, 6) is 0. The SMILES string of the molecule is N#Cc1ccc(Br)cc1Nc1ccc(Cl)cc1. The number of hydrogen-bond donors (Lipinski definition) is 1. The van der Waals surface area contributed by atoms with Gasteiger partial charge in [0, 0.05) is 15.2 Å². The van der Waals surface area contributed by atoms with Gasteiger partial charge in [0.15, 0.2) is 0 Å². The molecule has 0 aromatic heterocycles. The van der Waals surface area contributed by atoms with Crippen molar-refractivity contribution < 1.29 is 0 Å². The molecule has 2 aromatic carbocycles. The number of nitrogens with zero attached hydrogens (tertiary/aromatic N) is 1. The Bertz CT molecular complexity index is 573. The normalized spacial score (nSPS) is 9.71. The molecule has 2 nitrogen and oxygen atoms in total. The summed E-state index contributed by atoms with van der Waals surface area (Å²) in [6.07, 6.45) is 0. The lowest BCUT2D eigenvalue weighted by Crippen LogP contribution is -1.93. The zero-order chi connectivity index (χ0) is 12.3. The maximum absolute atomic E-state index is 9.01. The average Bonchev–Trinajstić information content (AvgIpc) is 2.32. The lowest BCUT2D eigenvalue weighted by molar-refractivity contribution is 1.45. The zero-order valence-corrected chi connectivity index (χ0v) is 11.1. The Balaban J connectivity index is 2.32. The Labute approximate surface area is 113 Å². The first-order valence-electron chi connectivity index (χ1n) is 4.91. The van der Waals surface area contributed by atoms with Gasteiger partial charge in [-0.25, -0.2) is 0 Å². The third-order valence-corrected chi connectivity index (χ3v) is 2.97. The third kappa shape index (κ3) is 3.00. The van der Waals surface area contributed by atoms with E-state index in [2.05, 4.69) is 27.3 Å². The van der Waals surface area contributed by atoms with E-state index in [9.17, 15) is 0 Å². The minimum absolute atomic E-state index is 0.600. The molecule has 0 aliphatic heterocycles. The first kappa shape index (κ1) is 12.0. The fraction of sp³-hybridized carbons (Fsp3) is 0. The maximum Gasteiger partial charge on any atom is 0.101 e. The predicted octanol–water partition coefficient (Wildman–Crippen LogP) is 4.72. The van der Waals surface area contributed by atoms with Gasteiger partial charge >= 0.3 is 0 Å². The molecule has 0 atom stereocenters. The van der Waals surface area contributed by atoms with Crippen LogP contribution in [-0.2, 0) is 0 Å². The molecule has 2 rings (SSSR count). The standard InChI is InChI=1S/C13H8BrClN2/c14-10-2-1-9(8-16)13(7-10)17-12-5-3-11(15)4-6-12/h1-7,17H. The molecular formula is C13H8BrClN2.